The van der Waals surface area contributed by atoms with Gasteiger partial charge in [0, 0.05) is 16.5 Å². The normalized spacial score (nSPS) is 19.4. The van der Waals surface area contributed by atoms with E-state index in [0.717, 1.165) is 48.2 Å². The molecule has 1 saturated heterocycles. The third-order valence-electron chi connectivity index (χ3n) is 5.89. The first kappa shape index (κ1) is 24.4. The van der Waals surface area contributed by atoms with E-state index in [1.54, 1.807) is 6.07 Å². The van der Waals surface area contributed by atoms with Crippen LogP contribution in [0.5, 0.6) is 0 Å². The summed E-state index contributed by atoms with van der Waals surface area (Å²) < 4.78 is 10.7. The van der Waals surface area contributed by atoms with E-state index in [1.165, 1.54) is 18.4 Å². The molecule has 2 heterocycles. The van der Waals surface area contributed by atoms with Gasteiger partial charge in [0.2, 0.25) is 5.91 Å². The van der Waals surface area contributed by atoms with Crippen molar-refractivity contribution in [3.63, 3.8) is 0 Å². The first-order valence-corrected chi connectivity index (χ1v) is 12.1. The zero-order chi connectivity index (χ0) is 23.1. The molecule has 0 saturated carbocycles. The minimum atomic E-state index is -0.469. The molecular weight excluding hydrogens is 426 g/mol. The number of ether oxygens (including phenoxy) is 2. The van der Waals surface area contributed by atoms with Crippen LogP contribution in [0, 0.1) is 5.92 Å². The Kier molecular flexibility index (Phi) is 8.84. The summed E-state index contributed by atoms with van der Waals surface area (Å²) in [6, 6.07) is 11.2. The maximum absolute atomic E-state index is 12.8. The molecule has 7 heteroatoms. The molecule has 2 aromatic rings. The highest BCUT2D eigenvalue weighted by Crippen LogP contribution is 2.32. The van der Waals surface area contributed by atoms with Crippen molar-refractivity contribution in [2.24, 2.45) is 5.92 Å². The molecular formula is C25H33NO5S. The summed E-state index contributed by atoms with van der Waals surface area (Å²) in [5.74, 6) is -0.309. The molecule has 0 aliphatic carbocycles. The summed E-state index contributed by atoms with van der Waals surface area (Å²) in [5.41, 5.74) is 1.72. The van der Waals surface area contributed by atoms with Crippen LogP contribution in [0.1, 0.15) is 72.2 Å². The zero-order valence-corrected chi connectivity index (χ0v) is 19.9. The van der Waals surface area contributed by atoms with Gasteiger partial charge in [-0.3, -0.25) is 4.79 Å². The van der Waals surface area contributed by atoms with Crippen molar-refractivity contribution in [3.05, 3.63) is 51.7 Å². The molecule has 1 aliphatic heterocycles. The van der Waals surface area contributed by atoms with Crippen LogP contribution in [0.2, 0.25) is 0 Å². The molecule has 3 atom stereocenters. The van der Waals surface area contributed by atoms with Crippen molar-refractivity contribution < 1.29 is 24.2 Å². The minimum Gasteiger partial charge on any atom is -0.465 e. The molecule has 1 aromatic carbocycles. The van der Waals surface area contributed by atoms with Gasteiger partial charge < -0.3 is 19.5 Å². The number of nitrogens with zero attached hydrogens (tertiary/aromatic N) is 1. The van der Waals surface area contributed by atoms with Crippen molar-refractivity contribution in [2.45, 2.75) is 64.7 Å². The lowest BCUT2D eigenvalue weighted by atomic mass is 10.0. The Hall–Kier alpha value is -2.22. The van der Waals surface area contributed by atoms with Crippen LogP contribution in [0.15, 0.2) is 36.4 Å². The number of methoxy groups -OCH3 is 1. The van der Waals surface area contributed by atoms with Crippen LogP contribution in [0.3, 0.4) is 0 Å². The highest BCUT2D eigenvalue weighted by molar-refractivity contribution is 7.13. The number of hydrogen-bond acceptors (Lipinski definition) is 6. The summed E-state index contributed by atoms with van der Waals surface area (Å²) >= 11 is 1.35. The van der Waals surface area contributed by atoms with Crippen molar-refractivity contribution in [1.29, 1.82) is 0 Å². The van der Waals surface area contributed by atoms with E-state index >= 15 is 0 Å². The summed E-state index contributed by atoms with van der Waals surface area (Å²) in [6.07, 6.45) is 4.27. The predicted molar refractivity (Wildman–Crippen MR) is 126 cm³/mol. The molecule has 1 N–H and O–H groups in total. The van der Waals surface area contributed by atoms with Gasteiger partial charge >= 0.3 is 5.97 Å². The number of benzene rings is 1. The third-order valence-corrected chi connectivity index (χ3v) is 6.93. The van der Waals surface area contributed by atoms with Gasteiger partial charge in [-0.2, -0.15) is 0 Å². The van der Waals surface area contributed by atoms with Crippen molar-refractivity contribution >= 4 is 28.9 Å². The Morgan fingerprint density at radius 3 is 2.66 bits per heavy atom. The Labute approximate surface area is 194 Å². The van der Waals surface area contributed by atoms with Crippen LogP contribution in [-0.2, 0) is 20.9 Å². The van der Waals surface area contributed by atoms with Crippen LogP contribution >= 0.6 is 11.3 Å². The first-order valence-electron chi connectivity index (χ1n) is 11.3. The number of aliphatic hydroxyl groups excluding tert-OH is 1. The van der Waals surface area contributed by atoms with Crippen molar-refractivity contribution in [3.8, 4) is 0 Å². The lowest BCUT2D eigenvalue weighted by Crippen LogP contribution is -2.36. The number of rotatable bonds is 11. The lowest BCUT2D eigenvalue weighted by Gasteiger charge is -2.25. The smallest absolute Gasteiger partial charge is 0.348 e. The second kappa shape index (κ2) is 11.6. The highest BCUT2D eigenvalue weighted by Gasteiger charge is 2.37. The number of aliphatic hydroxyl groups is 1. The molecule has 0 spiro atoms. The topological polar surface area (TPSA) is 76.1 Å². The monoisotopic (exact) mass is 459 g/mol. The number of carbonyl (C=O) groups excluding carboxylic acids is 2. The maximum Gasteiger partial charge on any atom is 0.348 e. The van der Waals surface area contributed by atoms with Gasteiger partial charge in [0.15, 0.2) is 0 Å². The highest BCUT2D eigenvalue weighted by atomic mass is 32.1. The minimum absolute atomic E-state index is 0.0436. The van der Waals surface area contributed by atoms with Gasteiger partial charge in [0.1, 0.15) is 4.88 Å². The fraction of sp³-hybridized carbons (Fsp3) is 0.520. The van der Waals surface area contributed by atoms with E-state index in [0.29, 0.717) is 18.1 Å². The number of hydrogen-bond donors (Lipinski definition) is 1. The molecule has 1 aliphatic rings. The quantitative estimate of drug-likeness (QED) is 0.373. The number of unbranched alkanes of at least 4 members (excludes halogenated alkanes) is 2. The van der Waals surface area contributed by atoms with Crippen LogP contribution in [-0.4, -0.2) is 36.7 Å². The summed E-state index contributed by atoms with van der Waals surface area (Å²) in [7, 11) is 1.37. The fourth-order valence-corrected chi connectivity index (χ4v) is 4.95. The first-order chi connectivity index (χ1) is 15.4. The third kappa shape index (κ3) is 5.97. The average molecular weight is 460 g/mol. The Balaban J connectivity index is 1.60. The Morgan fingerprint density at radius 2 is 1.97 bits per heavy atom. The molecule has 0 radical (unpaired) electrons. The van der Waals surface area contributed by atoms with E-state index in [4.69, 9.17) is 9.47 Å². The number of esters is 1. The molecule has 0 bridgehead atoms. The number of anilines is 1. The molecule has 32 heavy (non-hydrogen) atoms. The van der Waals surface area contributed by atoms with Gasteiger partial charge in [0.05, 0.1) is 32.5 Å². The number of amides is 1. The fourth-order valence-electron chi connectivity index (χ4n) is 4.09. The van der Waals surface area contributed by atoms with Crippen LogP contribution in [0.25, 0.3) is 0 Å². The van der Waals surface area contributed by atoms with Crippen LogP contribution < -0.4 is 4.90 Å². The van der Waals surface area contributed by atoms with Gasteiger partial charge in [-0.05, 0) is 42.7 Å². The molecule has 1 amide bonds. The van der Waals surface area contributed by atoms with E-state index in [2.05, 4.69) is 6.92 Å². The molecule has 1 aromatic heterocycles. The number of carbonyl (C=O) groups is 2. The second-order valence-electron chi connectivity index (χ2n) is 8.37. The van der Waals surface area contributed by atoms with Crippen LogP contribution in [0.4, 0.5) is 5.69 Å². The molecule has 174 valence electrons. The SMILES string of the molecule is CCCCC[C@H](O)c1ccc(N2C(=O)C(C)C[C@@H]2COCc2ccc(C(=O)OC)s2)cc1. The lowest BCUT2D eigenvalue weighted by molar-refractivity contribution is -0.120. The van der Waals surface area contributed by atoms with Crippen molar-refractivity contribution in [1.82, 2.24) is 0 Å². The summed E-state index contributed by atoms with van der Waals surface area (Å²) in [6.45, 7) is 4.90. The largest absolute Gasteiger partial charge is 0.465 e. The zero-order valence-electron chi connectivity index (χ0n) is 19.1. The molecule has 1 unspecified atom stereocenters. The second-order valence-corrected chi connectivity index (χ2v) is 9.54. The predicted octanol–water partition coefficient (Wildman–Crippen LogP) is 5.11. The van der Waals surface area contributed by atoms with E-state index in [1.807, 2.05) is 42.2 Å². The van der Waals surface area contributed by atoms with Gasteiger partial charge in [-0.25, -0.2) is 4.79 Å². The Bertz CT molecular complexity index is 894. The maximum atomic E-state index is 12.8. The standard InChI is InChI=1S/C25H33NO5S/c1-4-5-6-7-22(27)18-8-10-19(11-9-18)26-20(14-17(2)24(26)28)15-31-16-21-12-13-23(32-21)25(29)30-3/h8-13,17,20,22,27H,4-7,14-16H2,1-3H3/t17?,20-,22+/m1/s1. The summed E-state index contributed by atoms with van der Waals surface area (Å²) in [5, 5.41) is 10.4. The van der Waals surface area contributed by atoms with E-state index < -0.39 is 6.10 Å². The molecule has 3 rings (SSSR count). The van der Waals surface area contributed by atoms with Gasteiger partial charge in [-0.15, -0.1) is 11.3 Å². The summed E-state index contributed by atoms with van der Waals surface area (Å²) in [4.78, 5) is 27.7. The van der Waals surface area contributed by atoms with Gasteiger partial charge in [-0.1, -0.05) is 45.2 Å². The van der Waals surface area contributed by atoms with Crippen molar-refractivity contribution in [2.75, 3.05) is 18.6 Å². The van der Waals surface area contributed by atoms with E-state index in [-0.39, 0.29) is 23.8 Å². The number of thiophene rings is 1. The molecule has 6 nitrogen and oxygen atoms in total. The van der Waals surface area contributed by atoms with E-state index in [9.17, 15) is 14.7 Å². The van der Waals surface area contributed by atoms with Gasteiger partial charge in [0.25, 0.3) is 0 Å². The average Bonchev–Trinajstić information content (AvgIpc) is 3.38. The molecule has 1 fully saturated rings. The Morgan fingerprint density at radius 1 is 1.22 bits per heavy atom.